The number of methoxy groups -OCH3 is 1. The lowest BCUT2D eigenvalue weighted by Crippen LogP contribution is -2.35. The van der Waals surface area contributed by atoms with Crippen molar-refractivity contribution in [2.24, 2.45) is 0 Å². The van der Waals surface area contributed by atoms with E-state index in [1.807, 2.05) is 7.05 Å². The summed E-state index contributed by atoms with van der Waals surface area (Å²) in [5, 5.41) is 3.35. The van der Waals surface area contributed by atoms with E-state index >= 15 is 0 Å². The van der Waals surface area contributed by atoms with Crippen molar-refractivity contribution in [3.8, 4) is 0 Å². The average molecular weight is 229 g/mol. The molecule has 0 aromatic rings. The summed E-state index contributed by atoms with van der Waals surface area (Å²) < 4.78 is 11.3. The Hall–Kier alpha value is -0.120. The van der Waals surface area contributed by atoms with Gasteiger partial charge in [0.1, 0.15) is 0 Å². The second kappa shape index (κ2) is 6.58. The summed E-state index contributed by atoms with van der Waals surface area (Å²) in [4.78, 5) is 0. The van der Waals surface area contributed by atoms with Gasteiger partial charge in [0.15, 0.2) is 0 Å². The monoisotopic (exact) mass is 229 g/mol. The van der Waals surface area contributed by atoms with E-state index in [1.54, 1.807) is 7.11 Å². The molecule has 2 unspecified atom stereocenters. The molecule has 2 atom stereocenters. The largest absolute Gasteiger partial charge is 0.379 e. The summed E-state index contributed by atoms with van der Waals surface area (Å²) in [6.07, 6.45) is 6.35. The Kier molecular flexibility index (Phi) is 5.73. The molecule has 0 aromatic heterocycles. The maximum atomic E-state index is 5.93. The second-order valence-corrected chi connectivity index (χ2v) is 5.36. The van der Waals surface area contributed by atoms with Crippen LogP contribution in [0.15, 0.2) is 0 Å². The molecule has 0 saturated heterocycles. The minimum Gasteiger partial charge on any atom is -0.379 e. The molecular formula is C13H27NO2. The topological polar surface area (TPSA) is 30.5 Å². The molecule has 1 N–H and O–H groups in total. The van der Waals surface area contributed by atoms with Crippen LogP contribution in [-0.4, -0.2) is 38.5 Å². The molecule has 0 radical (unpaired) electrons. The van der Waals surface area contributed by atoms with Gasteiger partial charge in [0, 0.05) is 19.8 Å². The lowest BCUT2D eigenvalue weighted by atomic mass is 9.93. The maximum Gasteiger partial charge on any atom is 0.0644 e. The van der Waals surface area contributed by atoms with E-state index in [0.29, 0.717) is 12.1 Å². The molecule has 1 rings (SSSR count). The Morgan fingerprint density at radius 3 is 2.69 bits per heavy atom. The molecule has 1 aliphatic carbocycles. The van der Waals surface area contributed by atoms with Gasteiger partial charge in [-0.15, -0.1) is 0 Å². The van der Waals surface area contributed by atoms with Gasteiger partial charge < -0.3 is 14.8 Å². The molecule has 0 amide bonds. The van der Waals surface area contributed by atoms with E-state index in [9.17, 15) is 0 Å². The van der Waals surface area contributed by atoms with E-state index < -0.39 is 0 Å². The highest BCUT2D eigenvalue weighted by molar-refractivity contribution is 4.77. The summed E-state index contributed by atoms with van der Waals surface area (Å²) >= 11 is 0. The molecule has 96 valence electrons. The van der Waals surface area contributed by atoms with E-state index in [4.69, 9.17) is 9.47 Å². The zero-order valence-electron chi connectivity index (χ0n) is 11.2. The Balaban J connectivity index is 2.17. The molecule has 0 heterocycles. The van der Waals surface area contributed by atoms with Gasteiger partial charge in [0.25, 0.3) is 0 Å². The summed E-state index contributed by atoms with van der Waals surface area (Å²) in [7, 11) is 3.80. The third-order valence-corrected chi connectivity index (χ3v) is 3.64. The molecule has 0 spiro atoms. The Morgan fingerprint density at radius 1 is 1.31 bits per heavy atom. The zero-order chi connectivity index (χ0) is 12.0. The first-order valence-electron chi connectivity index (χ1n) is 6.41. The van der Waals surface area contributed by atoms with Crippen molar-refractivity contribution in [3.63, 3.8) is 0 Å². The molecule has 1 saturated carbocycles. The molecule has 1 fully saturated rings. The number of rotatable bonds is 6. The standard InChI is InChI=1S/C13H27NO2/c1-13(2,15-4)8-9-16-12-7-5-6-11(10-12)14-3/h11-12,14H,5-10H2,1-4H3. The first-order chi connectivity index (χ1) is 7.57. The number of ether oxygens (including phenoxy) is 2. The fraction of sp³-hybridized carbons (Fsp3) is 1.00. The van der Waals surface area contributed by atoms with Crippen molar-refractivity contribution in [3.05, 3.63) is 0 Å². The van der Waals surface area contributed by atoms with Crippen molar-refractivity contribution < 1.29 is 9.47 Å². The normalized spacial score (nSPS) is 27.0. The molecular weight excluding hydrogens is 202 g/mol. The third-order valence-electron chi connectivity index (χ3n) is 3.64. The fourth-order valence-corrected chi connectivity index (χ4v) is 2.13. The SMILES string of the molecule is CNC1CCCC(OCCC(C)(C)OC)C1. The van der Waals surface area contributed by atoms with E-state index in [2.05, 4.69) is 19.2 Å². The van der Waals surface area contributed by atoms with Gasteiger partial charge in [-0.1, -0.05) is 0 Å². The van der Waals surface area contributed by atoms with Crippen LogP contribution >= 0.6 is 0 Å². The highest BCUT2D eigenvalue weighted by atomic mass is 16.5. The van der Waals surface area contributed by atoms with Crippen molar-refractivity contribution in [1.82, 2.24) is 5.32 Å². The zero-order valence-corrected chi connectivity index (χ0v) is 11.2. The van der Waals surface area contributed by atoms with Crippen LogP contribution in [0.5, 0.6) is 0 Å². The third kappa shape index (κ3) is 4.81. The van der Waals surface area contributed by atoms with Crippen LogP contribution in [0.4, 0.5) is 0 Å². The van der Waals surface area contributed by atoms with Gasteiger partial charge in [-0.2, -0.15) is 0 Å². The lowest BCUT2D eigenvalue weighted by Gasteiger charge is -2.30. The van der Waals surface area contributed by atoms with Crippen LogP contribution < -0.4 is 5.32 Å². The highest BCUT2D eigenvalue weighted by Crippen LogP contribution is 2.22. The number of nitrogens with one attached hydrogen (secondary N) is 1. The summed E-state index contributed by atoms with van der Waals surface area (Å²) in [5.41, 5.74) is -0.0585. The van der Waals surface area contributed by atoms with E-state index in [-0.39, 0.29) is 5.60 Å². The Labute approximate surface area is 99.9 Å². The predicted molar refractivity (Wildman–Crippen MR) is 66.8 cm³/mol. The van der Waals surface area contributed by atoms with Crippen LogP contribution in [-0.2, 0) is 9.47 Å². The number of hydrogen-bond acceptors (Lipinski definition) is 3. The smallest absolute Gasteiger partial charge is 0.0644 e. The van der Waals surface area contributed by atoms with Crippen LogP contribution in [0.3, 0.4) is 0 Å². The van der Waals surface area contributed by atoms with E-state index in [1.165, 1.54) is 19.3 Å². The van der Waals surface area contributed by atoms with Gasteiger partial charge in [0.05, 0.1) is 11.7 Å². The maximum absolute atomic E-state index is 5.93. The molecule has 3 heteroatoms. The quantitative estimate of drug-likeness (QED) is 0.758. The van der Waals surface area contributed by atoms with Gasteiger partial charge in [-0.05, 0) is 53.0 Å². The van der Waals surface area contributed by atoms with Gasteiger partial charge in [-0.25, -0.2) is 0 Å². The first kappa shape index (κ1) is 13.9. The van der Waals surface area contributed by atoms with Crippen molar-refractivity contribution in [2.75, 3.05) is 20.8 Å². The predicted octanol–water partition coefficient (Wildman–Crippen LogP) is 2.35. The van der Waals surface area contributed by atoms with Crippen LogP contribution in [0.2, 0.25) is 0 Å². The summed E-state index contributed by atoms with van der Waals surface area (Å²) in [5.74, 6) is 0. The van der Waals surface area contributed by atoms with Crippen LogP contribution in [0.1, 0.15) is 46.0 Å². The minimum atomic E-state index is -0.0585. The number of hydrogen-bond donors (Lipinski definition) is 1. The van der Waals surface area contributed by atoms with Crippen LogP contribution in [0.25, 0.3) is 0 Å². The first-order valence-corrected chi connectivity index (χ1v) is 6.41. The van der Waals surface area contributed by atoms with E-state index in [0.717, 1.165) is 19.4 Å². The molecule has 3 nitrogen and oxygen atoms in total. The second-order valence-electron chi connectivity index (χ2n) is 5.36. The molecule has 1 aliphatic rings. The summed E-state index contributed by atoms with van der Waals surface area (Å²) in [6.45, 7) is 5.02. The highest BCUT2D eigenvalue weighted by Gasteiger charge is 2.22. The van der Waals surface area contributed by atoms with Gasteiger partial charge >= 0.3 is 0 Å². The minimum absolute atomic E-state index is 0.0585. The average Bonchev–Trinajstić information content (AvgIpc) is 2.29. The van der Waals surface area contributed by atoms with Crippen molar-refractivity contribution in [1.29, 1.82) is 0 Å². The molecule has 16 heavy (non-hydrogen) atoms. The van der Waals surface area contributed by atoms with Gasteiger partial charge in [0.2, 0.25) is 0 Å². The van der Waals surface area contributed by atoms with Crippen molar-refractivity contribution in [2.45, 2.75) is 63.7 Å². The fourth-order valence-electron chi connectivity index (χ4n) is 2.13. The molecule has 0 aromatic carbocycles. The summed E-state index contributed by atoms with van der Waals surface area (Å²) in [6, 6.07) is 0.647. The molecule has 0 aliphatic heterocycles. The Bertz CT molecular complexity index is 194. The van der Waals surface area contributed by atoms with Crippen LogP contribution in [0, 0.1) is 0 Å². The molecule has 0 bridgehead atoms. The van der Waals surface area contributed by atoms with Crippen molar-refractivity contribution >= 4 is 0 Å². The van der Waals surface area contributed by atoms with Gasteiger partial charge in [-0.3, -0.25) is 0 Å². The Morgan fingerprint density at radius 2 is 2.06 bits per heavy atom. The lowest BCUT2D eigenvalue weighted by molar-refractivity contribution is -0.0365.